The van der Waals surface area contributed by atoms with Crippen molar-refractivity contribution in [3.8, 4) is 10.6 Å². The highest BCUT2D eigenvalue weighted by atomic mass is 32.1. The van der Waals surface area contributed by atoms with Gasteiger partial charge in [-0.2, -0.15) is 0 Å². The minimum Gasteiger partial charge on any atom is -0.343 e. The molecule has 0 aliphatic carbocycles. The van der Waals surface area contributed by atoms with Gasteiger partial charge in [0.1, 0.15) is 5.69 Å². The molecule has 1 atom stereocenters. The van der Waals surface area contributed by atoms with Crippen molar-refractivity contribution >= 4 is 17.2 Å². The van der Waals surface area contributed by atoms with E-state index in [1.54, 1.807) is 18.3 Å². The monoisotopic (exact) mass is 358 g/mol. The maximum absolute atomic E-state index is 11.6. The summed E-state index contributed by atoms with van der Waals surface area (Å²) in [5, 5.41) is 1.15. The first kappa shape index (κ1) is 18.0. The summed E-state index contributed by atoms with van der Waals surface area (Å²) in [6.45, 7) is 7.78. The average Bonchev–Trinajstić information content (AvgIpc) is 3.03. The fourth-order valence-electron chi connectivity index (χ4n) is 3.31. The average molecular weight is 359 g/mol. The van der Waals surface area contributed by atoms with Gasteiger partial charge in [-0.15, -0.1) is 11.3 Å². The van der Waals surface area contributed by atoms with Crippen LogP contribution in [0.2, 0.25) is 0 Å². The summed E-state index contributed by atoms with van der Waals surface area (Å²) in [6.07, 6.45) is 9.68. The van der Waals surface area contributed by atoms with Crippen LogP contribution in [0.4, 0.5) is 0 Å². The Morgan fingerprint density at radius 2 is 2.20 bits per heavy atom. The Bertz CT molecular complexity index is 728. The number of likely N-dealkylation sites (tertiary alicyclic amines) is 1. The minimum absolute atomic E-state index is 0.173. The molecule has 3 heterocycles. The van der Waals surface area contributed by atoms with Crippen molar-refractivity contribution in [3.05, 3.63) is 29.3 Å². The third-order valence-electron chi connectivity index (χ3n) is 4.54. The minimum atomic E-state index is 0.173. The maximum Gasteiger partial charge on any atom is 0.219 e. The lowest BCUT2D eigenvalue weighted by atomic mass is 9.93. The van der Waals surface area contributed by atoms with Crippen LogP contribution in [-0.4, -0.2) is 38.8 Å². The Balaban J connectivity index is 1.69. The fraction of sp³-hybridized carbons (Fsp3) is 0.579. The van der Waals surface area contributed by atoms with Crippen molar-refractivity contribution in [3.63, 3.8) is 0 Å². The number of rotatable bonds is 5. The lowest BCUT2D eigenvalue weighted by molar-refractivity contribution is -0.130. The summed E-state index contributed by atoms with van der Waals surface area (Å²) in [5.41, 5.74) is 1.91. The molecule has 1 fully saturated rings. The smallest absolute Gasteiger partial charge is 0.219 e. The van der Waals surface area contributed by atoms with Gasteiger partial charge in [0.15, 0.2) is 0 Å². The summed E-state index contributed by atoms with van der Waals surface area (Å²) >= 11 is 1.71. The predicted octanol–water partition coefficient (Wildman–Crippen LogP) is 3.60. The Labute approximate surface area is 153 Å². The lowest BCUT2D eigenvalue weighted by Gasteiger charge is -2.31. The largest absolute Gasteiger partial charge is 0.343 e. The molecule has 0 spiro atoms. The lowest BCUT2D eigenvalue weighted by Crippen LogP contribution is -2.39. The van der Waals surface area contributed by atoms with Gasteiger partial charge in [-0.1, -0.05) is 13.8 Å². The Morgan fingerprint density at radius 3 is 2.96 bits per heavy atom. The number of amides is 1. The molecule has 1 unspecified atom stereocenters. The highest BCUT2D eigenvalue weighted by Gasteiger charge is 2.22. The third kappa shape index (κ3) is 4.84. The van der Waals surface area contributed by atoms with E-state index in [1.165, 1.54) is 0 Å². The molecule has 0 aromatic carbocycles. The van der Waals surface area contributed by atoms with Crippen LogP contribution in [0.25, 0.3) is 10.6 Å². The van der Waals surface area contributed by atoms with Gasteiger partial charge < -0.3 is 4.90 Å². The zero-order chi connectivity index (χ0) is 17.8. The molecular weight excluding hydrogens is 332 g/mol. The number of piperidine rings is 1. The van der Waals surface area contributed by atoms with E-state index in [9.17, 15) is 4.79 Å². The summed E-state index contributed by atoms with van der Waals surface area (Å²) in [4.78, 5) is 28.3. The molecule has 3 rings (SSSR count). The van der Waals surface area contributed by atoms with Crippen molar-refractivity contribution in [2.75, 3.05) is 13.1 Å². The van der Waals surface area contributed by atoms with E-state index in [1.807, 2.05) is 23.5 Å². The van der Waals surface area contributed by atoms with Crippen LogP contribution >= 0.6 is 11.3 Å². The molecule has 0 bridgehead atoms. The molecule has 0 radical (unpaired) electrons. The van der Waals surface area contributed by atoms with Gasteiger partial charge in [-0.25, -0.2) is 9.97 Å². The second-order valence-corrected chi connectivity index (χ2v) is 8.40. The topological polar surface area (TPSA) is 59.0 Å². The molecule has 5 nitrogen and oxygen atoms in total. The molecule has 1 amide bonds. The molecule has 0 saturated carbocycles. The molecule has 2 aromatic heterocycles. The van der Waals surface area contributed by atoms with Gasteiger partial charge in [-0.3, -0.25) is 9.78 Å². The Morgan fingerprint density at radius 1 is 1.36 bits per heavy atom. The van der Waals surface area contributed by atoms with E-state index in [0.29, 0.717) is 11.8 Å². The maximum atomic E-state index is 11.6. The molecular formula is C19H26N4OS. The van der Waals surface area contributed by atoms with Crippen molar-refractivity contribution in [2.24, 2.45) is 11.8 Å². The summed E-state index contributed by atoms with van der Waals surface area (Å²) in [6, 6.07) is 0. The molecule has 134 valence electrons. The highest BCUT2D eigenvalue weighted by molar-refractivity contribution is 7.15. The molecule has 1 saturated heterocycles. The van der Waals surface area contributed by atoms with Crippen molar-refractivity contribution in [2.45, 2.75) is 46.5 Å². The second-order valence-electron chi connectivity index (χ2n) is 7.29. The zero-order valence-corrected chi connectivity index (χ0v) is 16.1. The van der Waals surface area contributed by atoms with E-state index in [2.05, 4.69) is 23.8 Å². The quantitative estimate of drug-likeness (QED) is 0.819. The number of hydrogen-bond donors (Lipinski definition) is 0. The number of carbonyl (C=O) groups is 1. The predicted molar refractivity (Wildman–Crippen MR) is 100 cm³/mol. The number of nitrogens with zero attached hydrogens (tertiary/aromatic N) is 4. The zero-order valence-electron chi connectivity index (χ0n) is 15.2. The highest BCUT2D eigenvalue weighted by Crippen LogP contribution is 2.26. The van der Waals surface area contributed by atoms with Gasteiger partial charge >= 0.3 is 0 Å². The van der Waals surface area contributed by atoms with E-state index >= 15 is 0 Å². The number of thiazole rings is 1. The normalized spacial score (nSPS) is 17.9. The van der Waals surface area contributed by atoms with Gasteiger partial charge in [-0.05, 0) is 31.1 Å². The van der Waals surface area contributed by atoms with Crippen LogP contribution in [0.3, 0.4) is 0 Å². The van der Waals surface area contributed by atoms with Crippen molar-refractivity contribution in [1.82, 2.24) is 19.9 Å². The second kappa shape index (κ2) is 8.04. The van der Waals surface area contributed by atoms with Crippen LogP contribution in [-0.2, 0) is 17.6 Å². The van der Waals surface area contributed by atoms with E-state index in [0.717, 1.165) is 60.0 Å². The number of carbonyl (C=O) groups excluding carboxylic acids is 1. The van der Waals surface area contributed by atoms with Crippen LogP contribution < -0.4 is 0 Å². The summed E-state index contributed by atoms with van der Waals surface area (Å²) < 4.78 is 0. The molecule has 6 heteroatoms. The third-order valence-corrected chi connectivity index (χ3v) is 5.58. The summed E-state index contributed by atoms with van der Waals surface area (Å²) in [7, 11) is 0. The summed E-state index contributed by atoms with van der Waals surface area (Å²) in [5.74, 6) is 1.25. The standard InChI is InChI=1S/C19H26N4OS/c1-13(2)7-19-21-11-18(25-19)17-10-20-9-16(22-17)8-15-5-4-6-23(12-15)14(3)24/h9-11,13,15H,4-8,12H2,1-3H3. The van der Waals surface area contributed by atoms with Gasteiger partial charge in [0.2, 0.25) is 5.91 Å². The molecule has 1 aliphatic rings. The van der Waals surface area contributed by atoms with E-state index in [-0.39, 0.29) is 5.91 Å². The van der Waals surface area contributed by atoms with Gasteiger partial charge in [0.05, 0.1) is 21.8 Å². The number of aromatic nitrogens is 3. The fourth-order valence-corrected chi connectivity index (χ4v) is 4.39. The van der Waals surface area contributed by atoms with Gasteiger partial charge in [0, 0.05) is 38.8 Å². The first-order valence-corrected chi connectivity index (χ1v) is 9.84. The van der Waals surface area contributed by atoms with Crippen LogP contribution in [0.5, 0.6) is 0 Å². The molecule has 25 heavy (non-hydrogen) atoms. The number of hydrogen-bond acceptors (Lipinski definition) is 5. The van der Waals surface area contributed by atoms with Crippen molar-refractivity contribution in [1.29, 1.82) is 0 Å². The first-order chi connectivity index (χ1) is 12.0. The first-order valence-electron chi connectivity index (χ1n) is 9.02. The Hall–Kier alpha value is -1.82. The van der Waals surface area contributed by atoms with Crippen LogP contribution in [0.15, 0.2) is 18.6 Å². The van der Waals surface area contributed by atoms with Gasteiger partial charge in [0.25, 0.3) is 0 Å². The van der Waals surface area contributed by atoms with Crippen LogP contribution in [0, 0.1) is 11.8 Å². The van der Waals surface area contributed by atoms with E-state index in [4.69, 9.17) is 4.98 Å². The van der Waals surface area contributed by atoms with E-state index < -0.39 is 0 Å². The Kier molecular flexibility index (Phi) is 5.78. The molecule has 1 aliphatic heterocycles. The van der Waals surface area contributed by atoms with Crippen LogP contribution in [0.1, 0.15) is 44.3 Å². The molecule has 0 N–H and O–H groups in total. The molecule has 2 aromatic rings. The SMILES string of the molecule is CC(=O)N1CCCC(Cc2cncc(-c3cnc(CC(C)C)s3)n2)C1. The van der Waals surface area contributed by atoms with Crippen molar-refractivity contribution < 1.29 is 4.79 Å².